The number of carbonyl (C=O) groups excluding carboxylic acids is 1. The van der Waals surface area contributed by atoms with Crippen LogP contribution in [0.25, 0.3) is 11.3 Å². The van der Waals surface area contributed by atoms with Gasteiger partial charge in [-0.25, -0.2) is 9.97 Å². The lowest BCUT2D eigenvalue weighted by atomic mass is 10.0. The molecule has 1 aliphatic carbocycles. The highest BCUT2D eigenvalue weighted by atomic mass is 16.3. The van der Waals surface area contributed by atoms with Crippen molar-refractivity contribution in [3.8, 4) is 17.0 Å². The number of phenolic OH excluding ortho intramolecular Hbond substituents is 1. The fraction of sp³-hybridized carbons (Fsp3) is 0.292. The van der Waals surface area contributed by atoms with E-state index in [0.29, 0.717) is 18.2 Å². The molecular formula is C24H25N3O2. The number of nitrogens with zero attached hydrogens (tertiary/aromatic N) is 2. The van der Waals surface area contributed by atoms with Crippen LogP contribution in [0.2, 0.25) is 0 Å². The minimum atomic E-state index is -0.0874. The van der Waals surface area contributed by atoms with E-state index in [1.165, 1.54) is 25.7 Å². The van der Waals surface area contributed by atoms with Crippen molar-refractivity contribution in [1.29, 1.82) is 0 Å². The third-order valence-electron chi connectivity index (χ3n) is 5.43. The summed E-state index contributed by atoms with van der Waals surface area (Å²) in [6.45, 7) is 0. The molecule has 148 valence electrons. The third kappa shape index (κ3) is 4.99. The monoisotopic (exact) mass is 387 g/mol. The van der Waals surface area contributed by atoms with Crippen molar-refractivity contribution in [3.05, 3.63) is 72.1 Å². The van der Waals surface area contributed by atoms with E-state index in [1.807, 2.05) is 42.5 Å². The van der Waals surface area contributed by atoms with E-state index in [-0.39, 0.29) is 11.7 Å². The van der Waals surface area contributed by atoms with Crippen LogP contribution in [0.3, 0.4) is 0 Å². The quantitative estimate of drug-likeness (QED) is 0.639. The van der Waals surface area contributed by atoms with Crippen LogP contribution in [0, 0.1) is 5.92 Å². The van der Waals surface area contributed by atoms with Gasteiger partial charge >= 0.3 is 0 Å². The summed E-state index contributed by atoms with van der Waals surface area (Å²) in [7, 11) is 0. The molecule has 1 aliphatic rings. The Morgan fingerprint density at radius 2 is 1.76 bits per heavy atom. The predicted molar refractivity (Wildman–Crippen MR) is 114 cm³/mol. The first-order valence-electron chi connectivity index (χ1n) is 10.2. The Kier molecular flexibility index (Phi) is 5.84. The van der Waals surface area contributed by atoms with Crippen LogP contribution in [0.5, 0.6) is 5.75 Å². The molecule has 1 heterocycles. The number of rotatable bonds is 6. The van der Waals surface area contributed by atoms with E-state index < -0.39 is 0 Å². The van der Waals surface area contributed by atoms with Crippen molar-refractivity contribution in [2.45, 2.75) is 38.5 Å². The summed E-state index contributed by atoms with van der Waals surface area (Å²) >= 11 is 0. The maximum absolute atomic E-state index is 12.6. The minimum absolute atomic E-state index is 0.0874. The highest BCUT2D eigenvalue weighted by Gasteiger charge is 2.20. The van der Waals surface area contributed by atoms with E-state index in [9.17, 15) is 9.90 Å². The molecule has 1 fully saturated rings. The number of amides is 1. The molecule has 0 aliphatic heterocycles. The molecule has 0 spiro atoms. The molecule has 3 aromatic rings. The molecule has 5 heteroatoms. The van der Waals surface area contributed by atoms with Crippen LogP contribution in [-0.2, 0) is 17.6 Å². The van der Waals surface area contributed by atoms with Crippen molar-refractivity contribution < 1.29 is 9.90 Å². The van der Waals surface area contributed by atoms with Crippen molar-refractivity contribution in [1.82, 2.24) is 9.97 Å². The van der Waals surface area contributed by atoms with Crippen LogP contribution >= 0.6 is 0 Å². The van der Waals surface area contributed by atoms with Gasteiger partial charge in [0, 0.05) is 5.56 Å². The molecule has 0 atom stereocenters. The topological polar surface area (TPSA) is 75.1 Å². The number of hydrogen-bond acceptors (Lipinski definition) is 4. The maximum atomic E-state index is 12.6. The molecule has 1 saturated carbocycles. The molecule has 2 aromatic carbocycles. The predicted octanol–water partition coefficient (Wildman–Crippen LogP) is 4.76. The van der Waals surface area contributed by atoms with Crippen molar-refractivity contribution in [3.63, 3.8) is 0 Å². The molecule has 0 saturated heterocycles. The molecule has 1 amide bonds. The highest BCUT2D eigenvalue weighted by molar-refractivity contribution is 5.92. The Balaban J connectivity index is 1.57. The van der Waals surface area contributed by atoms with Gasteiger partial charge in [-0.05, 0) is 42.2 Å². The van der Waals surface area contributed by atoms with Crippen molar-refractivity contribution in [2.75, 3.05) is 5.32 Å². The molecule has 5 nitrogen and oxygen atoms in total. The maximum Gasteiger partial charge on any atom is 0.229 e. The van der Waals surface area contributed by atoms with Gasteiger partial charge in [-0.2, -0.15) is 0 Å². The normalized spacial score (nSPS) is 14.1. The van der Waals surface area contributed by atoms with Crippen LogP contribution in [0.1, 0.15) is 36.9 Å². The fourth-order valence-corrected chi connectivity index (χ4v) is 3.89. The summed E-state index contributed by atoms with van der Waals surface area (Å²) in [5, 5.41) is 12.5. The fourth-order valence-electron chi connectivity index (χ4n) is 3.89. The van der Waals surface area contributed by atoms with E-state index in [4.69, 9.17) is 4.98 Å². The smallest absolute Gasteiger partial charge is 0.229 e. The molecule has 4 rings (SSSR count). The molecule has 0 bridgehead atoms. The van der Waals surface area contributed by atoms with E-state index >= 15 is 0 Å². The molecule has 2 N–H and O–H groups in total. The Labute approximate surface area is 170 Å². The van der Waals surface area contributed by atoms with Crippen LogP contribution in [0.4, 0.5) is 5.82 Å². The molecular weight excluding hydrogens is 362 g/mol. The third-order valence-corrected chi connectivity index (χ3v) is 5.43. The van der Waals surface area contributed by atoms with Crippen molar-refractivity contribution >= 4 is 11.7 Å². The van der Waals surface area contributed by atoms with Gasteiger partial charge in [0.05, 0.1) is 24.0 Å². The minimum Gasteiger partial charge on any atom is -0.508 e. The lowest BCUT2D eigenvalue weighted by Gasteiger charge is -2.14. The van der Waals surface area contributed by atoms with Gasteiger partial charge in [-0.15, -0.1) is 0 Å². The number of aromatic nitrogens is 2. The summed E-state index contributed by atoms with van der Waals surface area (Å²) in [6, 6.07) is 16.6. The summed E-state index contributed by atoms with van der Waals surface area (Å²) in [4.78, 5) is 21.9. The van der Waals surface area contributed by atoms with E-state index in [2.05, 4.69) is 10.3 Å². The van der Waals surface area contributed by atoms with Crippen LogP contribution in [-0.4, -0.2) is 21.0 Å². The van der Waals surface area contributed by atoms with Gasteiger partial charge < -0.3 is 10.4 Å². The zero-order valence-electron chi connectivity index (χ0n) is 16.3. The summed E-state index contributed by atoms with van der Waals surface area (Å²) in [5.74, 6) is 1.28. The number of anilines is 1. The number of benzene rings is 2. The number of nitrogens with one attached hydrogen (secondary N) is 1. The van der Waals surface area contributed by atoms with Crippen molar-refractivity contribution in [2.24, 2.45) is 5.92 Å². The molecule has 0 unspecified atom stereocenters. The first-order valence-corrected chi connectivity index (χ1v) is 10.2. The molecule has 1 aromatic heterocycles. The molecule has 0 radical (unpaired) electrons. The van der Waals surface area contributed by atoms with Gasteiger partial charge in [0.2, 0.25) is 5.91 Å². The van der Waals surface area contributed by atoms with E-state index in [1.54, 1.807) is 18.3 Å². The zero-order chi connectivity index (χ0) is 20.1. The lowest BCUT2D eigenvalue weighted by Crippen LogP contribution is -2.18. The molecule has 29 heavy (non-hydrogen) atoms. The van der Waals surface area contributed by atoms with Gasteiger partial charge in [-0.1, -0.05) is 56.0 Å². The Morgan fingerprint density at radius 3 is 2.48 bits per heavy atom. The second-order valence-electron chi connectivity index (χ2n) is 7.66. The lowest BCUT2D eigenvalue weighted by molar-refractivity contribution is -0.115. The standard InChI is InChI=1S/C24H25N3O2/c28-20-12-10-19(11-13-20)22-16-25-24(21(26-22)14-17-8-4-5-9-17)27-23(29)15-18-6-2-1-3-7-18/h1-3,6-7,10-13,16-17,28H,4-5,8-9,14-15H2,(H,25,27,29). The van der Waals surface area contributed by atoms with E-state index in [0.717, 1.165) is 28.9 Å². The van der Waals surface area contributed by atoms with Crippen LogP contribution < -0.4 is 5.32 Å². The largest absolute Gasteiger partial charge is 0.508 e. The van der Waals surface area contributed by atoms with Gasteiger partial charge in [0.25, 0.3) is 0 Å². The Bertz CT molecular complexity index is 965. The zero-order valence-corrected chi connectivity index (χ0v) is 16.3. The van der Waals surface area contributed by atoms with Crippen LogP contribution in [0.15, 0.2) is 60.8 Å². The average molecular weight is 387 g/mol. The second-order valence-corrected chi connectivity index (χ2v) is 7.66. The van der Waals surface area contributed by atoms with Gasteiger partial charge in [0.1, 0.15) is 5.75 Å². The van der Waals surface area contributed by atoms with Gasteiger partial charge in [-0.3, -0.25) is 4.79 Å². The first kappa shape index (κ1) is 19.1. The summed E-state index contributed by atoms with van der Waals surface area (Å²) < 4.78 is 0. The summed E-state index contributed by atoms with van der Waals surface area (Å²) in [5.41, 5.74) is 3.45. The highest BCUT2D eigenvalue weighted by Crippen LogP contribution is 2.30. The first-order chi connectivity index (χ1) is 14.2. The number of hydrogen-bond donors (Lipinski definition) is 2. The summed E-state index contributed by atoms with van der Waals surface area (Å²) in [6.07, 6.45) is 7.72. The average Bonchev–Trinajstić information content (AvgIpc) is 3.24. The van der Waals surface area contributed by atoms with Gasteiger partial charge in [0.15, 0.2) is 5.82 Å². The Hall–Kier alpha value is -3.21. The second kappa shape index (κ2) is 8.86. The Morgan fingerprint density at radius 1 is 1.03 bits per heavy atom. The SMILES string of the molecule is O=C(Cc1ccccc1)Nc1ncc(-c2ccc(O)cc2)nc1CC1CCCC1. The number of phenols is 1. The number of aromatic hydroxyl groups is 1. The number of carbonyl (C=O) groups is 1.